The summed E-state index contributed by atoms with van der Waals surface area (Å²) < 4.78 is 1.94. The lowest BCUT2D eigenvalue weighted by Gasteiger charge is -2.05. The molecule has 0 saturated carbocycles. The maximum Gasteiger partial charge on any atom is 0.236 e. The van der Waals surface area contributed by atoms with Gasteiger partial charge in [-0.2, -0.15) is 0 Å². The van der Waals surface area contributed by atoms with Crippen LogP contribution in [-0.2, 0) is 18.3 Å². The fourth-order valence-electron chi connectivity index (χ4n) is 2.10. The second kappa shape index (κ2) is 7.65. The number of thioether (sulfide) groups is 2. The topological polar surface area (TPSA) is 72.2 Å². The number of nitrogens with one attached hydrogen (secondary N) is 1. The quantitative estimate of drug-likeness (QED) is 0.834. The van der Waals surface area contributed by atoms with E-state index in [4.69, 9.17) is 0 Å². The summed E-state index contributed by atoms with van der Waals surface area (Å²) in [7, 11) is 1.93. The van der Waals surface area contributed by atoms with Crippen molar-refractivity contribution in [3.05, 3.63) is 41.7 Å². The molecule has 6 nitrogen and oxygen atoms in total. The summed E-state index contributed by atoms with van der Waals surface area (Å²) in [4.78, 5) is 16.1. The standard InChI is InChI=1S/C15H17N5OS2/c1-20-12(9-11-5-3-2-4-6-11)18-19-15(20)23-10-13(21)17-14-16-7-8-22-14/h2-6H,7-10H2,1H3,(H,16,17,21). The average Bonchev–Trinajstić information content (AvgIpc) is 3.18. The first-order chi connectivity index (χ1) is 11.2. The van der Waals surface area contributed by atoms with Gasteiger partial charge in [0, 0.05) is 19.2 Å². The third-order valence-corrected chi connectivity index (χ3v) is 5.21. The van der Waals surface area contributed by atoms with Crippen molar-refractivity contribution in [2.45, 2.75) is 11.6 Å². The van der Waals surface area contributed by atoms with Crippen LogP contribution in [0.1, 0.15) is 11.4 Å². The molecule has 1 aromatic carbocycles. The lowest BCUT2D eigenvalue weighted by atomic mass is 10.1. The third-order valence-electron chi connectivity index (χ3n) is 3.29. The fraction of sp³-hybridized carbons (Fsp3) is 0.333. The summed E-state index contributed by atoms with van der Waals surface area (Å²) in [5.41, 5.74) is 1.19. The smallest absolute Gasteiger partial charge is 0.236 e. The van der Waals surface area contributed by atoms with E-state index in [0.29, 0.717) is 5.75 Å². The van der Waals surface area contributed by atoms with Crippen LogP contribution >= 0.6 is 23.5 Å². The van der Waals surface area contributed by atoms with Crippen LogP contribution in [0.3, 0.4) is 0 Å². The van der Waals surface area contributed by atoms with Crippen LogP contribution in [0.15, 0.2) is 40.5 Å². The van der Waals surface area contributed by atoms with Crippen LogP contribution in [0.5, 0.6) is 0 Å². The van der Waals surface area contributed by atoms with Crippen molar-refractivity contribution in [1.82, 2.24) is 20.1 Å². The van der Waals surface area contributed by atoms with Crippen molar-refractivity contribution in [3.8, 4) is 0 Å². The molecule has 0 radical (unpaired) electrons. The highest BCUT2D eigenvalue weighted by molar-refractivity contribution is 8.14. The highest BCUT2D eigenvalue weighted by atomic mass is 32.2. The number of aliphatic imine (C=N–C) groups is 1. The Morgan fingerprint density at radius 3 is 2.91 bits per heavy atom. The minimum Gasteiger partial charge on any atom is -0.309 e. The van der Waals surface area contributed by atoms with Gasteiger partial charge in [-0.1, -0.05) is 53.9 Å². The maximum atomic E-state index is 11.9. The Morgan fingerprint density at radius 2 is 2.17 bits per heavy atom. The molecular weight excluding hydrogens is 330 g/mol. The number of nitrogens with zero attached hydrogens (tertiary/aromatic N) is 4. The Bertz CT molecular complexity index is 714. The van der Waals surface area contributed by atoms with E-state index in [-0.39, 0.29) is 5.91 Å². The maximum absolute atomic E-state index is 11.9. The van der Waals surface area contributed by atoms with Gasteiger partial charge in [0.2, 0.25) is 5.91 Å². The lowest BCUT2D eigenvalue weighted by molar-refractivity contribution is -0.117. The molecule has 0 unspecified atom stereocenters. The number of hydrogen-bond donors (Lipinski definition) is 1. The molecule has 1 N–H and O–H groups in total. The molecule has 1 aliphatic rings. The molecule has 0 saturated heterocycles. The van der Waals surface area contributed by atoms with E-state index >= 15 is 0 Å². The number of amidine groups is 1. The molecule has 2 heterocycles. The van der Waals surface area contributed by atoms with E-state index in [0.717, 1.165) is 34.9 Å². The fourth-order valence-corrected chi connectivity index (χ4v) is 3.57. The zero-order valence-corrected chi connectivity index (χ0v) is 14.4. The van der Waals surface area contributed by atoms with Crippen molar-refractivity contribution in [1.29, 1.82) is 0 Å². The molecule has 3 rings (SSSR count). The van der Waals surface area contributed by atoms with Gasteiger partial charge in [0.05, 0.1) is 12.3 Å². The first-order valence-corrected chi connectivity index (χ1v) is 9.21. The van der Waals surface area contributed by atoms with Crippen LogP contribution in [0.25, 0.3) is 0 Å². The van der Waals surface area contributed by atoms with Crippen molar-refractivity contribution >= 4 is 34.6 Å². The molecule has 0 atom stereocenters. The summed E-state index contributed by atoms with van der Waals surface area (Å²) in [6.07, 6.45) is 0.727. The molecule has 1 aliphatic heterocycles. The minimum atomic E-state index is -0.0595. The zero-order valence-electron chi connectivity index (χ0n) is 12.7. The molecule has 0 spiro atoms. The summed E-state index contributed by atoms with van der Waals surface area (Å²) >= 11 is 2.96. The second-order valence-electron chi connectivity index (χ2n) is 4.99. The van der Waals surface area contributed by atoms with Gasteiger partial charge in [0.1, 0.15) is 5.82 Å². The van der Waals surface area contributed by atoms with Gasteiger partial charge >= 0.3 is 0 Å². The van der Waals surface area contributed by atoms with Crippen LogP contribution in [0.2, 0.25) is 0 Å². The van der Waals surface area contributed by atoms with Gasteiger partial charge in [-0.25, -0.2) is 0 Å². The van der Waals surface area contributed by atoms with Crippen molar-refractivity contribution < 1.29 is 4.79 Å². The van der Waals surface area contributed by atoms with E-state index in [1.54, 1.807) is 11.8 Å². The number of aromatic nitrogens is 3. The van der Waals surface area contributed by atoms with Crippen LogP contribution in [-0.4, -0.2) is 43.9 Å². The molecule has 1 amide bonds. The van der Waals surface area contributed by atoms with Crippen LogP contribution < -0.4 is 5.32 Å². The van der Waals surface area contributed by atoms with Crippen molar-refractivity contribution in [3.63, 3.8) is 0 Å². The predicted molar refractivity (Wildman–Crippen MR) is 93.9 cm³/mol. The van der Waals surface area contributed by atoms with E-state index in [1.165, 1.54) is 17.3 Å². The van der Waals surface area contributed by atoms with Crippen molar-refractivity contribution in [2.24, 2.45) is 12.0 Å². The third kappa shape index (κ3) is 4.35. The van der Waals surface area contributed by atoms with Gasteiger partial charge in [-0.05, 0) is 5.56 Å². The molecule has 0 aliphatic carbocycles. The second-order valence-corrected chi connectivity index (χ2v) is 7.02. The summed E-state index contributed by atoms with van der Waals surface area (Å²) in [6, 6.07) is 10.1. The molecule has 0 fully saturated rings. The molecule has 8 heteroatoms. The predicted octanol–water partition coefficient (Wildman–Crippen LogP) is 1.72. The van der Waals surface area contributed by atoms with E-state index in [9.17, 15) is 4.79 Å². The number of carbonyl (C=O) groups excluding carboxylic acids is 1. The highest BCUT2D eigenvalue weighted by Gasteiger charge is 2.14. The normalized spacial score (nSPS) is 13.9. The Morgan fingerprint density at radius 1 is 1.35 bits per heavy atom. The summed E-state index contributed by atoms with van der Waals surface area (Å²) in [6.45, 7) is 0.777. The number of hydrogen-bond acceptors (Lipinski definition) is 6. The minimum absolute atomic E-state index is 0.0595. The molecule has 23 heavy (non-hydrogen) atoms. The molecule has 2 aromatic rings. The first kappa shape index (κ1) is 16.1. The highest BCUT2D eigenvalue weighted by Crippen LogP contribution is 2.17. The number of carbonyl (C=O) groups is 1. The van der Waals surface area contributed by atoms with Crippen molar-refractivity contribution in [2.75, 3.05) is 18.1 Å². The first-order valence-electron chi connectivity index (χ1n) is 7.24. The SMILES string of the molecule is Cn1c(Cc2ccccc2)nnc1SCC(=O)NC1=NCCS1. The molecule has 120 valence electrons. The Balaban J connectivity index is 1.55. The largest absolute Gasteiger partial charge is 0.309 e. The van der Waals surface area contributed by atoms with Crippen LogP contribution in [0, 0.1) is 0 Å². The summed E-state index contributed by atoms with van der Waals surface area (Å²) in [5, 5.41) is 12.7. The van der Waals surface area contributed by atoms with Gasteiger partial charge in [-0.15, -0.1) is 10.2 Å². The number of benzene rings is 1. The van der Waals surface area contributed by atoms with Gasteiger partial charge in [0.15, 0.2) is 10.3 Å². The molecular formula is C15H17N5OS2. The van der Waals surface area contributed by atoms with E-state index in [2.05, 4.69) is 32.6 Å². The summed E-state index contributed by atoms with van der Waals surface area (Å²) in [5.74, 6) is 2.07. The van der Waals surface area contributed by atoms with Gasteiger partial charge < -0.3 is 9.88 Å². The van der Waals surface area contributed by atoms with Gasteiger partial charge in [0.25, 0.3) is 0 Å². The monoisotopic (exact) mass is 347 g/mol. The zero-order chi connectivity index (χ0) is 16.1. The Hall–Kier alpha value is -1.80. The molecule has 0 bridgehead atoms. The Kier molecular flexibility index (Phi) is 5.35. The van der Waals surface area contributed by atoms with E-state index < -0.39 is 0 Å². The van der Waals surface area contributed by atoms with E-state index in [1.807, 2.05) is 29.8 Å². The lowest BCUT2D eigenvalue weighted by Crippen LogP contribution is -2.29. The van der Waals surface area contributed by atoms with Crippen LogP contribution in [0.4, 0.5) is 0 Å². The Labute approximate surface area is 143 Å². The number of amides is 1. The van der Waals surface area contributed by atoms with Gasteiger partial charge in [-0.3, -0.25) is 9.79 Å². The number of rotatable bonds is 5. The molecule has 1 aromatic heterocycles. The average molecular weight is 347 g/mol.